The molecule has 0 atom stereocenters. The second kappa shape index (κ2) is 2.31. The van der Waals surface area contributed by atoms with Gasteiger partial charge >= 0.3 is 0 Å². The van der Waals surface area contributed by atoms with E-state index < -0.39 is 0 Å². The van der Waals surface area contributed by atoms with Crippen LogP contribution >= 0.6 is 0 Å². The van der Waals surface area contributed by atoms with E-state index in [0.29, 0.717) is 5.69 Å². The molecule has 2 heterocycles. The molecule has 0 unspecified atom stereocenters. The van der Waals surface area contributed by atoms with Gasteiger partial charge in [-0.15, -0.1) is 0 Å². The third kappa shape index (κ3) is 0.768. The molecule has 58 valence electrons. The molecular weight excluding hydrogens is 152 g/mol. The third-order valence-corrected chi connectivity index (χ3v) is 1.83. The van der Waals surface area contributed by atoms with Gasteiger partial charge in [-0.2, -0.15) is 5.26 Å². The van der Waals surface area contributed by atoms with E-state index in [1.165, 1.54) is 6.33 Å². The smallest absolute Gasteiger partial charge is 0.122 e. The summed E-state index contributed by atoms with van der Waals surface area (Å²) in [5.74, 6) is 0. The molecule has 0 aliphatic heterocycles. The SMILES string of the molecule is Cn1c(C#N)cc2ncncc21. The minimum absolute atomic E-state index is 0.602. The lowest BCUT2D eigenvalue weighted by Gasteiger charge is -1.93. The Morgan fingerprint density at radius 2 is 2.42 bits per heavy atom. The van der Waals surface area contributed by atoms with Crippen LogP contribution in [0.1, 0.15) is 5.69 Å². The van der Waals surface area contributed by atoms with E-state index in [1.54, 1.807) is 16.8 Å². The van der Waals surface area contributed by atoms with Crippen molar-refractivity contribution in [1.82, 2.24) is 14.5 Å². The van der Waals surface area contributed by atoms with Gasteiger partial charge in [-0.3, -0.25) is 0 Å². The summed E-state index contributed by atoms with van der Waals surface area (Å²) in [5, 5.41) is 8.70. The average Bonchev–Trinajstić information content (AvgIpc) is 2.44. The van der Waals surface area contributed by atoms with E-state index in [2.05, 4.69) is 16.0 Å². The molecule has 0 amide bonds. The molecule has 2 aromatic rings. The van der Waals surface area contributed by atoms with E-state index in [4.69, 9.17) is 5.26 Å². The predicted molar refractivity (Wildman–Crippen MR) is 43.2 cm³/mol. The number of aromatic nitrogens is 3. The van der Waals surface area contributed by atoms with Gasteiger partial charge in [-0.25, -0.2) is 9.97 Å². The lowest BCUT2D eigenvalue weighted by molar-refractivity contribution is 0.941. The van der Waals surface area contributed by atoms with Crippen LogP contribution in [-0.4, -0.2) is 14.5 Å². The fraction of sp³-hybridized carbons (Fsp3) is 0.125. The van der Waals surface area contributed by atoms with Gasteiger partial charge in [0.25, 0.3) is 0 Å². The Balaban J connectivity index is 2.90. The summed E-state index contributed by atoms with van der Waals surface area (Å²) in [6.07, 6.45) is 3.17. The van der Waals surface area contributed by atoms with Crippen molar-refractivity contribution in [1.29, 1.82) is 5.26 Å². The highest BCUT2D eigenvalue weighted by molar-refractivity contribution is 5.76. The Kier molecular flexibility index (Phi) is 1.31. The van der Waals surface area contributed by atoms with Crippen molar-refractivity contribution in [2.45, 2.75) is 0 Å². The number of nitriles is 1. The van der Waals surface area contributed by atoms with E-state index in [9.17, 15) is 0 Å². The second-order valence-corrected chi connectivity index (χ2v) is 2.49. The zero-order valence-electron chi connectivity index (χ0n) is 6.52. The number of hydrogen-bond acceptors (Lipinski definition) is 3. The molecule has 2 rings (SSSR count). The van der Waals surface area contributed by atoms with E-state index in [-0.39, 0.29) is 0 Å². The first-order chi connectivity index (χ1) is 5.83. The average molecular weight is 158 g/mol. The van der Waals surface area contributed by atoms with Crippen LogP contribution in [0.25, 0.3) is 11.0 Å². The fourth-order valence-corrected chi connectivity index (χ4v) is 1.16. The molecule has 0 N–H and O–H groups in total. The zero-order chi connectivity index (χ0) is 8.55. The number of aryl methyl sites for hydroxylation is 1. The summed E-state index contributed by atoms with van der Waals surface area (Å²) in [7, 11) is 1.82. The minimum atomic E-state index is 0.602. The van der Waals surface area contributed by atoms with Crippen molar-refractivity contribution < 1.29 is 0 Å². The second-order valence-electron chi connectivity index (χ2n) is 2.49. The Bertz CT molecular complexity index is 463. The standard InChI is InChI=1S/C8H6N4/c1-12-6(3-9)2-7-8(12)4-10-5-11-7/h2,4-5H,1H3. The van der Waals surface area contributed by atoms with Crippen molar-refractivity contribution in [2.75, 3.05) is 0 Å². The van der Waals surface area contributed by atoms with Crippen LogP contribution in [0, 0.1) is 11.3 Å². The van der Waals surface area contributed by atoms with Gasteiger partial charge in [0, 0.05) is 13.1 Å². The van der Waals surface area contributed by atoms with Crippen LogP contribution in [0.4, 0.5) is 0 Å². The molecule has 0 aliphatic carbocycles. The molecule has 4 nitrogen and oxygen atoms in total. The highest BCUT2D eigenvalue weighted by atomic mass is 15.0. The molecule has 0 saturated carbocycles. The largest absolute Gasteiger partial charge is 0.333 e. The van der Waals surface area contributed by atoms with Gasteiger partial charge < -0.3 is 4.57 Å². The minimum Gasteiger partial charge on any atom is -0.333 e. The predicted octanol–water partition coefficient (Wildman–Crippen LogP) is 0.840. The van der Waals surface area contributed by atoms with Crippen molar-refractivity contribution in [3.05, 3.63) is 24.3 Å². The van der Waals surface area contributed by atoms with E-state index in [1.807, 2.05) is 7.05 Å². The molecule has 2 aromatic heterocycles. The first-order valence-corrected chi connectivity index (χ1v) is 3.48. The summed E-state index contributed by atoms with van der Waals surface area (Å²) in [5.41, 5.74) is 2.30. The Morgan fingerprint density at radius 1 is 1.58 bits per heavy atom. The maximum absolute atomic E-state index is 8.70. The zero-order valence-corrected chi connectivity index (χ0v) is 6.52. The van der Waals surface area contributed by atoms with Crippen molar-refractivity contribution >= 4 is 11.0 Å². The fourth-order valence-electron chi connectivity index (χ4n) is 1.16. The number of hydrogen-bond donors (Lipinski definition) is 0. The molecule has 12 heavy (non-hydrogen) atoms. The van der Waals surface area contributed by atoms with Gasteiger partial charge in [0.15, 0.2) is 0 Å². The topological polar surface area (TPSA) is 54.5 Å². The van der Waals surface area contributed by atoms with Crippen LogP contribution in [0.3, 0.4) is 0 Å². The highest BCUT2D eigenvalue weighted by Gasteiger charge is 2.04. The maximum Gasteiger partial charge on any atom is 0.122 e. The van der Waals surface area contributed by atoms with Gasteiger partial charge in [-0.1, -0.05) is 0 Å². The number of fused-ring (bicyclic) bond motifs is 1. The molecule has 0 aromatic carbocycles. The highest BCUT2D eigenvalue weighted by Crippen LogP contribution is 2.13. The quantitative estimate of drug-likeness (QED) is 0.570. The number of rotatable bonds is 0. The molecule has 0 fully saturated rings. The molecule has 0 aliphatic rings. The first-order valence-electron chi connectivity index (χ1n) is 3.48. The van der Waals surface area contributed by atoms with Crippen molar-refractivity contribution in [3.8, 4) is 6.07 Å². The lowest BCUT2D eigenvalue weighted by atomic mass is 10.4. The van der Waals surface area contributed by atoms with Gasteiger partial charge in [0.1, 0.15) is 18.1 Å². The normalized spacial score (nSPS) is 10.0. The van der Waals surface area contributed by atoms with Crippen LogP contribution in [0.15, 0.2) is 18.6 Å². The van der Waals surface area contributed by atoms with Gasteiger partial charge in [-0.05, 0) is 0 Å². The molecule has 0 bridgehead atoms. The third-order valence-electron chi connectivity index (χ3n) is 1.83. The Morgan fingerprint density at radius 3 is 3.08 bits per heavy atom. The Hall–Kier alpha value is -1.89. The van der Waals surface area contributed by atoms with E-state index in [0.717, 1.165) is 11.0 Å². The van der Waals surface area contributed by atoms with Gasteiger partial charge in [0.2, 0.25) is 0 Å². The van der Waals surface area contributed by atoms with Gasteiger partial charge in [0.05, 0.1) is 17.2 Å². The summed E-state index contributed by atoms with van der Waals surface area (Å²) in [6, 6.07) is 3.83. The first kappa shape index (κ1) is 6.80. The molecule has 4 heteroatoms. The van der Waals surface area contributed by atoms with Crippen molar-refractivity contribution in [3.63, 3.8) is 0 Å². The summed E-state index contributed by atoms with van der Waals surface area (Å²) in [6.45, 7) is 0. The Labute approximate surface area is 69.1 Å². The van der Waals surface area contributed by atoms with E-state index >= 15 is 0 Å². The monoisotopic (exact) mass is 158 g/mol. The molecule has 0 spiro atoms. The summed E-state index contributed by atoms with van der Waals surface area (Å²) >= 11 is 0. The lowest BCUT2D eigenvalue weighted by Crippen LogP contribution is -1.90. The maximum atomic E-state index is 8.70. The van der Waals surface area contributed by atoms with Crippen LogP contribution < -0.4 is 0 Å². The molecular formula is C8H6N4. The molecule has 0 saturated heterocycles. The van der Waals surface area contributed by atoms with Crippen LogP contribution in [0.5, 0.6) is 0 Å². The number of nitrogens with zero attached hydrogens (tertiary/aromatic N) is 4. The van der Waals surface area contributed by atoms with Crippen LogP contribution in [0.2, 0.25) is 0 Å². The van der Waals surface area contributed by atoms with Crippen LogP contribution in [-0.2, 0) is 7.05 Å². The van der Waals surface area contributed by atoms with Crippen molar-refractivity contribution in [2.24, 2.45) is 7.05 Å². The summed E-state index contributed by atoms with van der Waals surface area (Å²) in [4.78, 5) is 7.91. The summed E-state index contributed by atoms with van der Waals surface area (Å²) < 4.78 is 1.77. The molecule has 0 radical (unpaired) electrons.